The summed E-state index contributed by atoms with van der Waals surface area (Å²) in [6.45, 7) is 7.25. The molecule has 0 aromatic carbocycles. The fourth-order valence-electron chi connectivity index (χ4n) is 1.63. The zero-order valence-corrected chi connectivity index (χ0v) is 9.77. The number of nitrogens with zero attached hydrogens (tertiary/aromatic N) is 2. The van der Waals surface area contributed by atoms with Gasteiger partial charge in [-0.3, -0.25) is 0 Å². The quantitative estimate of drug-likeness (QED) is 0.736. The minimum atomic E-state index is 0.173. The van der Waals surface area contributed by atoms with Gasteiger partial charge in [-0.15, -0.1) is 0 Å². The van der Waals surface area contributed by atoms with Crippen LogP contribution in [0.1, 0.15) is 26.1 Å². The second kappa shape index (κ2) is 5.88. The summed E-state index contributed by atoms with van der Waals surface area (Å²) in [5.41, 5.74) is 0. The van der Waals surface area contributed by atoms with E-state index in [1.807, 2.05) is 13.1 Å². The van der Waals surface area contributed by atoms with Crippen LogP contribution in [0.3, 0.4) is 0 Å². The Kier molecular flexibility index (Phi) is 4.78. The van der Waals surface area contributed by atoms with E-state index >= 15 is 0 Å². The third-order valence-electron chi connectivity index (χ3n) is 2.43. The van der Waals surface area contributed by atoms with Crippen LogP contribution in [0.25, 0.3) is 0 Å². The van der Waals surface area contributed by atoms with Crippen LogP contribution < -0.4 is 5.32 Å². The number of nitrogens with one attached hydrogen (secondary N) is 1. The van der Waals surface area contributed by atoms with E-state index < -0.39 is 0 Å². The van der Waals surface area contributed by atoms with Gasteiger partial charge in [0.05, 0.1) is 6.61 Å². The fourth-order valence-corrected chi connectivity index (χ4v) is 1.63. The average molecular weight is 211 g/mol. The lowest BCUT2D eigenvalue weighted by molar-refractivity contribution is 0.224. The number of aryl methyl sites for hydroxylation is 2. The molecule has 1 unspecified atom stereocenters. The molecule has 0 aliphatic heterocycles. The molecule has 4 nitrogen and oxygen atoms in total. The van der Waals surface area contributed by atoms with Crippen molar-refractivity contribution >= 4 is 0 Å². The molecule has 0 saturated carbocycles. The molecule has 0 aliphatic carbocycles. The smallest absolute Gasteiger partial charge is 0.105 e. The summed E-state index contributed by atoms with van der Waals surface area (Å²) in [7, 11) is 0. The van der Waals surface area contributed by atoms with Crippen molar-refractivity contribution in [2.24, 2.45) is 0 Å². The topological polar surface area (TPSA) is 50.1 Å². The largest absolute Gasteiger partial charge is 0.395 e. The molecule has 0 saturated heterocycles. The molecule has 4 heteroatoms. The predicted molar refractivity (Wildman–Crippen MR) is 60.7 cm³/mol. The highest BCUT2D eigenvalue weighted by atomic mass is 16.3. The maximum absolute atomic E-state index is 9.19. The van der Waals surface area contributed by atoms with Crippen molar-refractivity contribution in [3.05, 3.63) is 18.2 Å². The van der Waals surface area contributed by atoms with Crippen LogP contribution in [0, 0.1) is 6.92 Å². The molecule has 1 rings (SSSR count). The van der Waals surface area contributed by atoms with Gasteiger partial charge >= 0.3 is 0 Å². The summed E-state index contributed by atoms with van der Waals surface area (Å²) in [4.78, 5) is 4.16. The number of hydrogen-bond acceptors (Lipinski definition) is 3. The van der Waals surface area contributed by atoms with Gasteiger partial charge in [0.1, 0.15) is 5.82 Å². The van der Waals surface area contributed by atoms with E-state index in [1.165, 1.54) is 0 Å². The molecule has 1 heterocycles. The molecule has 1 atom stereocenters. The molecule has 0 bridgehead atoms. The fraction of sp³-hybridized carbons (Fsp3) is 0.727. The van der Waals surface area contributed by atoms with Crippen LogP contribution in [-0.2, 0) is 6.54 Å². The zero-order chi connectivity index (χ0) is 11.3. The maximum atomic E-state index is 9.19. The standard InChI is InChI=1S/C11H21N3O/c1-9(2)13-11(8-15)4-6-14-7-5-12-10(14)3/h5,7,9,11,13,15H,4,6,8H2,1-3H3. The lowest BCUT2D eigenvalue weighted by Crippen LogP contribution is -2.38. The van der Waals surface area contributed by atoms with Gasteiger partial charge in [-0.05, 0) is 13.3 Å². The Bertz CT molecular complexity index is 283. The van der Waals surface area contributed by atoms with Crippen molar-refractivity contribution in [2.45, 2.75) is 45.8 Å². The van der Waals surface area contributed by atoms with Gasteiger partial charge < -0.3 is 15.0 Å². The van der Waals surface area contributed by atoms with Gasteiger partial charge in [0.2, 0.25) is 0 Å². The number of aliphatic hydroxyl groups is 1. The van der Waals surface area contributed by atoms with Crippen LogP contribution in [0.15, 0.2) is 12.4 Å². The monoisotopic (exact) mass is 211 g/mol. The molecule has 0 spiro atoms. The summed E-state index contributed by atoms with van der Waals surface area (Å²) in [5.74, 6) is 1.02. The molecule has 1 aromatic rings. The van der Waals surface area contributed by atoms with Gasteiger partial charge in [-0.25, -0.2) is 4.98 Å². The first-order chi connectivity index (χ1) is 7.13. The van der Waals surface area contributed by atoms with Crippen LogP contribution >= 0.6 is 0 Å². The maximum Gasteiger partial charge on any atom is 0.105 e. The van der Waals surface area contributed by atoms with Gasteiger partial charge in [0.25, 0.3) is 0 Å². The van der Waals surface area contributed by atoms with E-state index in [4.69, 9.17) is 0 Å². The van der Waals surface area contributed by atoms with Gasteiger partial charge in [-0.2, -0.15) is 0 Å². The van der Waals surface area contributed by atoms with E-state index in [9.17, 15) is 5.11 Å². The molecule has 0 fully saturated rings. The SMILES string of the molecule is Cc1nccn1CCC(CO)NC(C)C. The lowest BCUT2D eigenvalue weighted by Gasteiger charge is -2.19. The van der Waals surface area contributed by atoms with Crippen molar-refractivity contribution in [2.75, 3.05) is 6.61 Å². The normalized spacial score (nSPS) is 13.4. The molecule has 0 radical (unpaired) electrons. The summed E-state index contributed by atoms with van der Waals surface area (Å²) < 4.78 is 2.10. The van der Waals surface area contributed by atoms with E-state index in [0.717, 1.165) is 18.8 Å². The first kappa shape index (κ1) is 12.2. The van der Waals surface area contributed by atoms with Crippen molar-refractivity contribution in [1.82, 2.24) is 14.9 Å². The molecule has 15 heavy (non-hydrogen) atoms. The molecular weight excluding hydrogens is 190 g/mol. The first-order valence-electron chi connectivity index (χ1n) is 5.48. The van der Waals surface area contributed by atoms with Gasteiger partial charge in [0.15, 0.2) is 0 Å². The Morgan fingerprint density at radius 2 is 2.27 bits per heavy atom. The second-order valence-corrected chi connectivity index (χ2v) is 4.16. The third-order valence-corrected chi connectivity index (χ3v) is 2.43. The molecular formula is C11H21N3O. The Morgan fingerprint density at radius 1 is 1.53 bits per heavy atom. The highest BCUT2D eigenvalue weighted by Crippen LogP contribution is 2.01. The molecule has 0 aliphatic rings. The highest BCUT2D eigenvalue weighted by molar-refractivity contribution is 4.88. The van der Waals surface area contributed by atoms with Crippen LogP contribution in [0.2, 0.25) is 0 Å². The number of aliphatic hydroxyl groups excluding tert-OH is 1. The van der Waals surface area contributed by atoms with Crippen molar-refractivity contribution in [1.29, 1.82) is 0 Å². The van der Waals surface area contributed by atoms with Gasteiger partial charge in [-0.1, -0.05) is 13.8 Å². The lowest BCUT2D eigenvalue weighted by atomic mass is 10.2. The van der Waals surface area contributed by atoms with Crippen molar-refractivity contribution in [3.8, 4) is 0 Å². The summed E-state index contributed by atoms with van der Waals surface area (Å²) in [6.07, 6.45) is 4.70. The number of rotatable bonds is 6. The average Bonchev–Trinajstić information content (AvgIpc) is 2.58. The zero-order valence-electron chi connectivity index (χ0n) is 9.77. The van der Waals surface area contributed by atoms with E-state index in [2.05, 4.69) is 28.7 Å². The molecule has 1 aromatic heterocycles. The Balaban J connectivity index is 2.37. The van der Waals surface area contributed by atoms with E-state index in [1.54, 1.807) is 6.20 Å². The first-order valence-corrected chi connectivity index (χ1v) is 5.48. The number of aromatic nitrogens is 2. The summed E-state index contributed by atoms with van der Waals surface area (Å²) in [6, 6.07) is 0.581. The van der Waals surface area contributed by atoms with Crippen LogP contribution in [0.4, 0.5) is 0 Å². The predicted octanol–water partition coefficient (Wildman–Crippen LogP) is 0.941. The minimum Gasteiger partial charge on any atom is -0.395 e. The third kappa shape index (κ3) is 4.01. The Morgan fingerprint density at radius 3 is 2.73 bits per heavy atom. The Labute approximate surface area is 91.3 Å². The highest BCUT2D eigenvalue weighted by Gasteiger charge is 2.08. The van der Waals surface area contributed by atoms with Crippen LogP contribution in [-0.4, -0.2) is 33.3 Å². The van der Waals surface area contributed by atoms with Crippen LogP contribution in [0.5, 0.6) is 0 Å². The minimum absolute atomic E-state index is 0.173. The van der Waals surface area contributed by atoms with Gasteiger partial charge in [0, 0.05) is 31.0 Å². The van der Waals surface area contributed by atoms with E-state index in [0.29, 0.717) is 6.04 Å². The Hall–Kier alpha value is -0.870. The molecule has 86 valence electrons. The van der Waals surface area contributed by atoms with Crippen molar-refractivity contribution in [3.63, 3.8) is 0 Å². The molecule has 0 amide bonds. The summed E-state index contributed by atoms with van der Waals surface area (Å²) in [5, 5.41) is 12.5. The number of hydrogen-bond donors (Lipinski definition) is 2. The van der Waals surface area contributed by atoms with Crippen molar-refractivity contribution < 1.29 is 5.11 Å². The van der Waals surface area contributed by atoms with E-state index in [-0.39, 0.29) is 12.6 Å². The number of imidazole rings is 1. The second-order valence-electron chi connectivity index (χ2n) is 4.16. The summed E-state index contributed by atoms with van der Waals surface area (Å²) >= 11 is 0. The molecule has 2 N–H and O–H groups in total.